The lowest BCUT2D eigenvalue weighted by atomic mass is 10.1. The highest BCUT2D eigenvalue weighted by atomic mass is 19.1. The van der Waals surface area contributed by atoms with Gasteiger partial charge in [-0.2, -0.15) is 0 Å². The van der Waals surface area contributed by atoms with Gasteiger partial charge < -0.3 is 11.1 Å². The lowest BCUT2D eigenvalue weighted by molar-refractivity contribution is -0.119. The van der Waals surface area contributed by atoms with E-state index in [0.717, 1.165) is 6.07 Å². The standard InChI is InChI=1S/C12H15FN2O2/c1-3-7(2)12(17)15-8-4-5-10(13)9(6-8)11(14)16/h4-7H,3H2,1-2H3,(H2,14,16)(H,15,17)/t7-/m0/s1. The average Bonchev–Trinajstić information content (AvgIpc) is 2.30. The molecule has 0 aliphatic carbocycles. The van der Waals surface area contributed by atoms with Gasteiger partial charge in [0.25, 0.3) is 5.91 Å². The van der Waals surface area contributed by atoms with E-state index < -0.39 is 11.7 Å². The van der Waals surface area contributed by atoms with Gasteiger partial charge in [-0.3, -0.25) is 9.59 Å². The minimum Gasteiger partial charge on any atom is -0.366 e. The van der Waals surface area contributed by atoms with E-state index in [1.54, 1.807) is 6.92 Å². The Bertz CT molecular complexity index is 446. The van der Waals surface area contributed by atoms with Crippen LogP contribution in [-0.4, -0.2) is 11.8 Å². The Labute approximate surface area is 99.0 Å². The summed E-state index contributed by atoms with van der Waals surface area (Å²) in [4.78, 5) is 22.5. The number of anilines is 1. The fraction of sp³-hybridized carbons (Fsp3) is 0.333. The number of carbonyl (C=O) groups excluding carboxylic acids is 2. The van der Waals surface area contributed by atoms with Gasteiger partial charge in [0.1, 0.15) is 5.82 Å². The zero-order valence-electron chi connectivity index (χ0n) is 9.79. The number of halogens is 1. The molecule has 0 spiro atoms. The van der Waals surface area contributed by atoms with E-state index in [2.05, 4.69) is 5.32 Å². The van der Waals surface area contributed by atoms with E-state index in [9.17, 15) is 14.0 Å². The number of carbonyl (C=O) groups is 2. The minimum atomic E-state index is -0.859. The molecule has 1 rings (SSSR count). The lowest BCUT2D eigenvalue weighted by Crippen LogP contribution is -2.20. The number of rotatable bonds is 4. The Hall–Kier alpha value is -1.91. The third kappa shape index (κ3) is 3.27. The zero-order valence-corrected chi connectivity index (χ0v) is 9.79. The predicted octanol–water partition coefficient (Wildman–Crippen LogP) is 1.91. The van der Waals surface area contributed by atoms with Crippen LogP contribution < -0.4 is 11.1 Å². The molecule has 2 amide bonds. The van der Waals surface area contributed by atoms with Gasteiger partial charge in [0.15, 0.2) is 0 Å². The molecule has 92 valence electrons. The van der Waals surface area contributed by atoms with E-state index in [0.29, 0.717) is 12.1 Å². The number of benzene rings is 1. The summed E-state index contributed by atoms with van der Waals surface area (Å²) in [7, 11) is 0. The highest BCUT2D eigenvalue weighted by molar-refractivity contribution is 5.97. The van der Waals surface area contributed by atoms with E-state index in [-0.39, 0.29) is 17.4 Å². The first-order valence-corrected chi connectivity index (χ1v) is 5.36. The molecular formula is C12H15FN2O2. The van der Waals surface area contributed by atoms with Crippen molar-refractivity contribution in [2.45, 2.75) is 20.3 Å². The van der Waals surface area contributed by atoms with E-state index in [1.165, 1.54) is 12.1 Å². The summed E-state index contributed by atoms with van der Waals surface area (Å²) in [5.74, 6) is -1.87. The van der Waals surface area contributed by atoms with Crippen LogP contribution in [0.4, 0.5) is 10.1 Å². The molecule has 0 saturated heterocycles. The van der Waals surface area contributed by atoms with Crippen LogP contribution in [0.3, 0.4) is 0 Å². The smallest absolute Gasteiger partial charge is 0.251 e. The van der Waals surface area contributed by atoms with Crippen LogP contribution in [0.5, 0.6) is 0 Å². The van der Waals surface area contributed by atoms with Crippen LogP contribution >= 0.6 is 0 Å². The number of hydrogen-bond donors (Lipinski definition) is 2. The molecule has 0 aliphatic rings. The maximum Gasteiger partial charge on any atom is 0.251 e. The molecule has 3 N–H and O–H groups in total. The third-order valence-corrected chi connectivity index (χ3v) is 2.56. The van der Waals surface area contributed by atoms with Crippen LogP contribution in [-0.2, 0) is 4.79 Å². The van der Waals surface area contributed by atoms with Crippen molar-refractivity contribution in [1.82, 2.24) is 0 Å². The first-order chi connectivity index (χ1) is 7.95. The van der Waals surface area contributed by atoms with Crippen LogP contribution in [0, 0.1) is 11.7 Å². The second-order valence-electron chi connectivity index (χ2n) is 3.86. The molecule has 4 nitrogen and oxygen atoms in total. The minimum absolute atomic E-state index is 0.142. The van der Waals surface area contributed by atoms with Crippen LogP contribution in [0.2, 0.25) is 0 Å². The molecule has 0 unspecified atom stereocenters. The van der Waals surface area contributed by atoms with Gasteiger partial charge in [0.2, 0.25) is 5.91 Å². The van der Waals surface area contributed by atoms with Crippen molar-refractivity contribution >= 4 is 17.5 Å². The Morgan fingerprint density at radius 1 is 1.47 bits per heavy atom. The summed E-state index contributed by atoms with van der Waals surface area (Å²) in [5, 5.41) is 2.60. The summed E-state index contributed by atoms with van der Waals surface area (Å²) >= 11 is 0. The molecule has 0 saturated carbocycles. The van der Waals surface area contributed by atoms with Crippen molar-refractivity contribution in [3.05, 3.63) is 29.6 Å². The highest BCUT2D eigenvalue weighted by Gasteiger charge is 2.13. The second kappa shape index (κ2) is 5.43. The number of nitrogens with one attached hydrogen (secondary N) is 1. The van der Waals surface area contributed by atoms with Gasteiger partial charge >= 0.3 is 0 Å². The molecule has 1 aromatic rings. The van der Waals surface area contributed by atoms with Crippen molar-refractivity contribution in [2.75, 3.05) is 5.32 Å². The van der Waals surface area contributed by atoms with Crippen LogP contribution in [0.25, 0.3) is 0 Å². The number of amides is 2. The first kappa shape index (κ1) is 13.2. The van der Waals surface area contributed by atoms with Crippen molar-refractivity contribution < 1.29 is 14.0 Å². The van der Waals surface area contributed by atoms with Gasteiger partial charge in [0, 0.05) is 11.6 Å². The molecule has 0 fully saturated rings. The Balaban J connectivity index is 2.90. The average molecular weight is 238 g/mol. The SMILES string of the molecule is CC[C@H](C)C(=O)Nc1ccc(F)c(C(N)=O)c1. The van der Waals surface area contributed by atoms with Crippen molar-refractivity contribution in [1.29, 1.82) is 0 Å². The maximum atomic E-state index is 13.2. The Kier molecular flexibility index (Phi) is 4.20. The number of hydrogen-bond acceptors (Lipinski definition) is 2. The second-order valence-corrected chi connectivity index (χ2v) is 3.86. The van der Waals surface area contributed by atoms with Crippen LogP contribution in [0.15, 0.2) is 18.2 Å². The van der Waals surface area contributed by atoms with Crippen molar-refractivity contribution in [3.63, 3.8) is 0 Å². The molecule has 0 aliphatic heterocycles. The molecule has 1 aromatic carbocycles. The number of nitrogens with two attached hydrogens (primary N) is 1. The fourth-order valence-electron chi connectivity index (χ4n) is 1.24. The monoisotopic (exact) mass is 238 g/mol. The largest absolute Gasteiger partial charge is 0.366 e. The molecule has 0 heterocycles. The Morgan fingerprint density at radius 2 is 2.12 bits per heavy atom. The van der Waals surface area contributed by atoms with E-state index in [1.807, 2.05) is 6.92 Å². The topological polar surface area (TPSA) is 72.2 Å². The van der Waals surface area contributed by atoms with Gasteiger partial charge in [0.05, 0.1) is 5.56 Å². The van der Waals surface area contributed by atoms with Gasteiger partial charge in [-0.1, -0.05) is 13.8 Å². The third-order valence-electron chi connectivity index (χ3n) is 2.56. The van der Waals surface area contributed by atoms with E-state index >= 15 is 0 Å². The van der Waals surface area contributed by atoms with Gasteiger partial charge in [-0.15, -0.1) is 0 Å². The van der Waals surface area contributed by atoms with E-state index in [4.69, 9.17) is 5.73 Å². The summed E-state index contributed by atoms with van der Waals surface area (Å²) in [6.07, 6.45) is 0.704. The predicted molar refractivity (Wildman–Crippen MR) is 63.0 cm³/mol. The van der Waals surface area contributed by atoms with Crippen molar-refractivity contribution in [2.24, 2.45) is 11.7 Å². The summed E-state index contributed by atoms with van der Waals surface area (Å²) in [6, 6.07) is 3.73. The lowest BCUT2D eigenvalue weighted by Gasteiger charge is -2.10. The van der Waals surface area contributed by atoms with Crippen LogP contribution in [0.1, 0.15) is 30.6 Å². The highest BCUT2D eigenvalue weighted by Crippen LogP contribution is 2.15. The molecule has 0 bridgehead atoms. The molecular weight excluding hydrogens is 223 g/mol. The maximum absolute atomic E-state index is 13.2. The summed E-state index contributed by atoms with van der Waals surface area (Å²) in [6.45, 7) is 3.68. The quantitative estimate of drug-likeness (QED) is 0.841. The molecule has 17 heavy (non-hydrogen) atoms. The molecule has 0 radical (unpaired) electrons. The number of primary amides is 1. The van der Waals surface area contributed by atoms with Crippen molar-refractivity contribution in [3.8, 4) is 0 Å². The zero-order chi connectivity index (χ0) is 13.0. The fourth-order valence-corrected chi connectivity index (χ4v) is 1.24. The van der Waals surface area contributed by atoms with Gasteiger partial charge in [-0.25, -0.2) is 4.39 Å². The Morgan fingerprint density at radius 3 is 2.65 bits per heavy atom. The van der Waals surface area contributed by atoms with Gasteiger partial charge in [-0.05, 0) is 24.6 Å². The molecule has 5 heteroatoms. The summed E-state index contributed by atoms with van der Waals surface area (Å²) in [5.41, 5.74) is 5.15. The normalized spacial score (nSPS) is 11.9. The summed E-state index contributed by atoms with van der Waals surface area (Å²) < 4.78 is 13.2. The molecule has 0 aromatic heterocycles. The first-order valence-electron chi connectivity index (χ1n) is 5.36. The molecule has 1 atom stereocenters.